The molecule has 1 aromatic heterocycles. The molecule has 2 aromatic rings. The molecule has 3 nitrogen and oxygen atoms in total. The maximum absolute atomic E-state index is 13.0. The summed E-state index contributed by atoms with van der Waals surface area (Å²) in [6.45, 7) is 3.72. The van der Waals surface area contributed by atoms with Gasteiger partial charge in [-0.15, -0.1) is 0 Å². The Kier molecular flexibility index (Phi) is 3.67. The van der Waals surface area contributed by atoms with E-state index >= 15 is 0 Å². The standard InChI is InChI=1S/C14H16FN3/c1-9-7-12(15)4-3-11(9)8-13(16)14-5-6-17-10(2)18-14/h3-7,13H,8,16H2,1-2H3. The van der Waals surface area contributed by atoms with E-state index in [2.05, 4.69) is 9.97 Å². The Hall–Kier alpha value is -1.81. The first-order valence-electron chi connectivity index (χ1n) is 5.86. The molecule has 94 valence electrons. The molecule has 0 fully saturated rings. The van der Waals surface area contributed by atoms with Gasteiger partial charge in [0.2, 0.25) is 0 Å². The monoisotopic (exact) mass is 245 g/mol. The summed E-state index contributed by atoms with van der Waals surface area (Å²) in [6, 6.07) is 6.37. The average Bonchev–Trinajstić information content (AvgIpc) is 2.32. The van der Waals surface area contributed by atoms with E-state index in [4.69, 9.17) is 5.73 Å². The summed E-state index contributed by atoms with van der Waals surface area (Å²) in [5, 5.41) is 0. The predicted molar refractivity (Wildman–Crippen MR) is 68.5 cm³/mol. The summed E-state index contributed by atoms with van der Waals surface area (Å²) >= 11 is 0. The number of benzene rings is 1. The molecule has 1 unspecified atom stereocenters. The molecule has 1 aromatic carbocycles. The molecule has 1 atom stereocenters. The Labute approximate surface area is 106 Å². The van der Waals surface area contributed by atoms with Crippen molar-refractivity contribution >= 4 is 0 Å². The highest BCUT2D eigenvalue weighted by atomic mass is 19.1. The molecule has 0 aliphatic rings. The van der Waals surface area contributed by atoms with Crippen molar-refractivity contribution in [1.29, 1.82) is 0 Å². The number of nitrogens with zero attached hydrogens (tertiary/aromatic N) is 2. The molecule has 2 N–H and O–H groups in total. The molecule has 0 amide bonds. The number of nitrogens with two attached hydrogens (primary N) is 1. The van der Waals surface area contributed by atoms with Crippen molar-refractivity contribution in [3.63, 3.8) is 0 Å². The Bertz CT molecular complexity index is 554. The second kappa shape index (κ2) is 5.23. The zero-order valence-electron chi connectivity index (χ0n) is 10.5. The maximum Gasteiger partial charge on any atom is 0.125 e. The molecule has 18 heavy (non-hydrogen) atoms. The van der Waals surface area contributed by atoms with Crippen molar-refractivity contribution in [1.82, 2.24) is 9.97 Å². The third kappa shape index (κ3) is 2.90. The third-order valence-corrected chi connectivity index (χ3v) is 2.92. The van der Waals surface area contributed by atoms with Gasteiger partial charge in [-0.05, 0) is 49.6 Å². The SMILES string of the molecule is Cc1nccc(C(N)Cc2ccc(F)cc2C)n1. The van der Waals surface area contributed by atoms with Gasteiger partial charge in [-0.3, -0.25) is 0 Å². The topological polar surface area (TPSA) is 51.8 Å². The van der Waals surface area contributed by atoms with Crippen molar-refractivity contribution < 1.29 is 4.39 Å². The van der Waals surface area contributed by atoms with Gasteiger partial charge < -0.3 is 5.73 Å². The van der Waals surface area contributed by atoms with Crippen molar-refractivity contribution in [3.8, 4) is 0 Å². The zero-order valence-corrected chi connectivity index (χ0v) is 10.5. The second-order valence-electron chi connectivity index (χ2n) is 4.41. The van der Waals surface area contributed by atoms with Crippen LogP contribution < -0.4 is 5.73 Å². The summed E-state index contributed by atoms with van der Waals surface area (Å²) in [5.74, 6) is 0.487. The lowest BCUT2D eigenvalue weighted by atomic mass is 9.99. The highest BCUT2D eigenvalue weighted by Crippen LogP contribution is 2.17. The van der Waals surface area contributed by atoms with Gasteiger partial charge in [0, 0.05) is 6.20 Å². The first-order chi connectivity index (χ1) is 8.56. The largest absolute Gasteiger partial charge is 0.322 e. The highest BCUT2D eigenvalue weighted by Gasteiger charge is 2.11. The van der Waals surface area contributed by atoms with Gasteiger partial charge in [0.25, 0.3) is 0 Å². The molecule has 0 aliphatic carbocycles. The Morgan fingerprint density at radius 1 is 1.28 bits per heavy atom. The van der Waals surface area contributed by atoms with Gasteiger partial charge in [-0.1, -0.05) is 6.07 Å². The van der Waals surface area contributed by atoms with E-state index in [1.54, 1.807) is 12.3 Å². The molecule has 0 saturated carbocycles. The smallest absolute Gasteiger partial charge is 0.125 e. The fraction of sp³-hybridized carbons (Fsp3) is 0.286. The summed E-state index contributed by atoms with van der Waals surface area (Å²) < 4.78 is 13.0. The molecule has 0 bridgehead atoms. The van der Waals surface area contributed by atoms with Crippen molar-refractivity contribution in [2.24, 2.45) is 5.73 Å². The predicted octanol–water partition coefficient (Wildman–Crippen LogP) is 2.48. The van der Waals surface area contributed by atoms with Crippen LogP contribution in [0.15, 0.2) is 30.5 Å². The van der Waals surface area contributed by atoms with Crippen LogP contribution >= 0.6 is 0 Å². The molecule has 1 heterocycles. The van der Waals surface area contributed by atoms with Crippen LogP contribution in [0.3, 0.4) is 0 Å². The number of hydrogen-bond donors (Lipinski definition) is 1. The van der Waals surface area contributed by atoms with Crippen molar-refractivity contribution in [2.75, 3.05) is 0 Å². The number of aryl methyl sites for hydroxylation is 2. The van der Waals surface area contributed by atoms with Gasteiger partial charge in [0.15, 0.2) is 0 Å². The summed E-state index contributed by atoms with van der Waals surface area (Å²) in [4.78, 5) is 8.35. The molecule has 4 heteroatoms. The van der Waals surface area contributed by atoms with Crippen LogP contribution in [0, 0.1) is 19.7 Å². The maximum atomic E-state index is 13.0. The fourth-order valence-corrected chi connectivity index (χ4v) is 1.91. The van der Waals surface area contributed by atoms with E-state index in [0.717, 1.165) is 16.8 Å². The lowest BCUT2D eigenvalue weighted by Gasteiger charge is -2.13. The van der Waals surface area contributed by atoms with Gasteiger partial charge >= 0.3 is 0 Å². The van der Waals surface area contributed by atoms with Gasteiger partial charge in [-0.25, -0.2) is 14.4 Å². The van der Waals surface area contributed by atoms with Crippen molar-refractivity contribution in [2.45, 2.75) is 26.3 Å². The molecular formula is C14H16FN3. The van der Waals surface area contributed by atoms with Crippen LogP contribution in [0.25, 0.3) is 0 Å². The van der Waals surface area contributed by atoms with E-state index in [1.807, 2.05) is 19.9 Å². The number of hydrogen-bond acceptors (Lipinski definition) is 3. The summed E-state index contributed by atoms with van der Waals surface area (Å²) in [5.41, 5.74) is 8.89. The fourth-order valence-electron chi connectivity index (χ4n) is 1.91. The molecule has 0 radical (unpaired) electrons. The first kappa shape index (κ1) is 12.6. The summed E-state index contributed by atoms with van der Waals surface area (Å²) in [6.07, 6.45) is 2.34. The Morgan fingerprint density at radius 3 is 2.72 bits per heavy atom. The normalized spacial score (nSPS) is 12.4. The van der Waals surface area contributed by atoms with Crippen LogP contribution in [0.2, 0.25) is 0 Å². The Morgan fingerprint density at radius 2 is 2.06 bits per heavy atom. The molecular weight excluding hydrogens is 229 g/mol. The highest BCUT2D eigenvalue weighted by molar-refractivity contribution is 5.28. The van der Waals surface area contributed by atoms with Crippen LogP contribution in [-0.4, -0.2) is 9.97 Å². The van der Waals surface area contributed by atoms with Crippen molar-refractivity contribution in [3.05, 3.63) is 58.9 Å². The van der Waals surface area contributed by atoms with Crippen LogP contribution in [0.4, 0.5) is 4.39 Å². The van der Waals surface area contributed by atoms with E-state index in [9.17, 15) is 4.39 Å². The summed E-state index contributed by atoms with van der Waals surface area (Å²) in [7, 11) is 0. The zero-order chi connectivity index (χ0) is 13.1. The van der Waals surface area contributed by atoms with Crippen LogP contribution in [0.1, 0.15) is 28.7 Å². The first-order valence-corrected chi connectivity index (χ1v) is 5.86. The lowest BCUT2D eigenvalue weighted by Crippen LogP contribution is -2.16. The number of halogens is 1. The van der Waals surface area contributed by atoms with Gasteiger partial charge in [0.05, 0.1) is 11.7 Å². The molecule has 0 spiro atoms. The lowest BCUT2D eigenvalue weighted by molar-refractivity contribution is 0.623. The van der Waals surface area contributed by atoms with Gasteiger partial charge in [0.1, 0.15) is 11.6 Å². The van der Waals surface area contributed by atoms with E-state index in [-0.39, 0.29) is 11.9 Å². The minimum absolute atomic E-state index is 0.198. The average molecular weight is 245 g/mol. The molecule has 0 saturated heterocycles. The minimum atomic E-state index is -0.220. The van der Waals surface area contributed by atoms with Gasteiger partial charge in [-0.2, -0.15) is 0 Å². The quantitative estimate of drug-likeness (QED) is 0.903. The number of aromatic nitrogens is 2. The number of rotatable bonds is 3. The third-order valence-electron chi connectivity index (χ3n) is 2.92. The van der Waals surface area contributed by atoms with E-state index < -0.39 is 0 Å². The van der Waals surface area contributed by atoms with Crippen LogP contribution in [0.5, 0.6) is 0 Å². The minimum Gasteiger partial charge on any atom is -0.322 e. The Balaban J connectivity index is 2.18. The van der Waals surface area contributed by atoms with E-state index in [1.165, 1.54) is 12.1 Å². The van der Waals surface area contributed by atoms with E-state index in [0.29, 0.717) is 12.2 Å². The molecule has 0 aliphatic heterocycles. The molecule has 2 rings (SSSR count). The second-order valence-corrected chi connectivity index (χ2v) is 4.41. The van der Waals surface area contributed by atoms with Crippen LogP contribution in [-0.2, 0) is 6.42 Å².